The van der Waals surface area contributed by atoms with Gasteiger partial charge in [-0.15, -0.1) is 0 Å². The summed E-state index contributed by atoms with van der Waals surface area (Å²) in [7, 11) is 1.19. The highest BCUT2D eigenvalue weighted by molar-refractivity contribution is 5.89. The van der Waals surface area contributed by atoms with Crippen molar-refractivity contribution in [1.82, 2.24) is 9.88 Å². The number of nitrogens with zero attached hydrogens (tertiary/aromatic N) is 3. The number of aromatic nitrogens is 1. The zero-order valence-electron chi connectivity index (χ0n) is 21.3. The molecule has 0 amide bonds. The second-order valence-electron chi connectivity index (χ2n) is 9.10. The molecule has 0 bridgehead atoms. The summed E-state index contributed by atoms with van der Waals surface area (Å²) in [6.07, 6.45) is -3.38. The number of fused-ring (bicyclic) bond motifs is 1. The minimum atomic E-state index is -5.08. The molecule has 0 saturated carbocycles. The Morgan fingerprint density at radius 1 is 1.05 bits per heavy atom. The Hall–Kier alpha value is -4.58. The number of benzene rings is 2. The molecule has 0 spiro atoms. The van der Waals surface area contributed by atoms with Crippen LogP contribution in [0.5, 0.6) is 17.2 Å². The van der Waals surface area contributed by atoms with Gasteiger partial charge in [-0.05, 0) is 48.5 Å². The first-order valence-corrected chi connectivity index (χ1v) is 12.3. The van der Waals surface area contributed by atoms with Crippen LogP contribution >= 0.6 is 0 Å². The summed E-state index contributed by atoms with van der Waals surface area (Å²) in [6.45, 7) is 2.39. The third kappa shape index (κ3) is 5.43. The molecule has 1 aliphatic rings. The lowest BCUT2D eigenvalue weighted by atomic mass is 10.1. The highest BCUT2D eigenvalue weighted by Crippen LogP contribution is 2.40. The van der Waals surface area contributed by atoms with Crippen LogP contribution in [0.15, 0.2) is 70.0 Å². The zero-order valence-corrected chi connectivity index (χ0v) is 21.3. The van der Waals surface area contributed by atoms with Crippen molar-refractivity contribution in [2.45, 2.75) is 12.7 Å². The molecule has 0 atom stereocenters. The second-order valence-corrected chi connectivity index (χ2v) is 9.10. The highest BCUT2D eigenvalue weighted by Gasteiger charge is 2.41. The predicted molar refractivity (Wildman–Crippen MR) is 139 cm³/mol. The lowest BCUT2D eigenvalue weighted by Gasteiger charge is -2.35. The van der Waals surface area contributed by atoms with Crippen molar-refractivity contribution >= 4 is 22.8 Å². The van der Waals surface area contributed by atoms with Crippen molar-refractivity contribution in [1.29, 1.82) is 0 Å². The van der Waals surface area contributed by atoms with Crippen molar-refractivity contribution in [2.75, 3.05) is 38.2 Å². The molecule has 1 fully saturated rings. The minimum absolute atomic E-state index is 0.0641. The lowest BCUT2D eigenvalue weighted by molar-refractivity contribution is -0.154. The molecule has 1 N–H and O–H groups in total. The quantitative estimate of drug-likeness (QED) is 0.336. The fourth-order valence-corrected chi connectivity index (χ4v) is 4.51. The van der Waals surface area contributed by atoms with Gasteiger partial charge in [0.25, 0.3) is 5.76 Å². The predicted octanol–water partition coefficient (Wildman–Crippen LogP) is 4.81. The lowest BCUT2D eigenvalue weighted by Crippen LogP contribution is -2.46. The Morgan fingerprint density at radius 3 is 2.40 bits per heavy atom. The molecule has 1 saturated heterocycles. The Labute approximate surface area is 226 Å². The fraction of sp³-hybridized carbons (Fsp3) is 0.250. The molecule has 12 heteroatoms. The number of halogens is 3. The van der Waals surface area contributed by atoms with E-state index in [1.807, 2.05) is 23.1 Å². The summed E-state index contributed by atoms with van der Waals surface area (Å²) in [6, 6.07) is 13.1. The molecule has 40 heavy (non-hydrogen) atoms. The molecular formula is C28H24F3N3O6. The molecule has 9 nitrogen and oxygen atoms in total. The Balaban J connectivity index is 1.47. The van der Waals surface area contributed by atoms with E-state index in [0.717, 1.165) is 5.82 Å². The maximum Gasteiger partial charge on any atom is 0.453 e. The largest absolute Gasteiger partial charge is 0.507 e. The first kappa shape index (κ1) is 27.0. The van der Waals surface area contributed by atoms with Crippen molar-refractivity contribution in [3.8, 4) is 17.2 Å². The number of alkyl halides is 3. The number of carbonyl (C=O) groups excluding carboxylic acids is 1. The van der Waals surface area contributed by atoms with E-state index >= 15 is 0 Å². The van der Waals surface area contributed by atoms with Crippen LogP contribution in [-0.4, -0.2) is 54.2 Å². The van der Waals surface area contributed by atoms with Gasteiger partial charge in [0.15, 0.2) is 0 Å². The SMILES string of the molecule is COC(=O)c1ccc(Oc2c(C(F)(F)F)oc3c(CN4CCN(c5ccccn5)CC4)c(O)ccc3c2=O)cc1. The van der Waals surface area contributed by atoms with Gasteiger partial charge in [-0.2, -0.15) is 13.2 Å². The number of carbonyl (C=O) groups is 1. The van der Waals surface area contributed by atoms with E-state index in [1.165, 1.54) is 43.5 Å². The number of piperazine rings is 1. The van der Waals surface area contributed by atoms with Crippen LogP contribution in [0.1, 0.15) is 21.7 Å². The monoisotopic (exact) mass is 555 g/mol. The average molecular weight is 556 g/mol. The van der Waals surface area contributed by atoms with Crippen LogP contribution in [0.4, 0.5) is 19.0 Å². The van der Waals surface area contributed by atoms with Gasteiger partial charge >= 0.3 is 12.1 Å². The number of pyridine rings is 1. The first-order chi connectivity index (χ1) is 19.2. The smallest absolute Gasteiger partial charge is 0.453 e. The zero-order chi connectivity index (χ0) is 28.4. The number of phenols is 1. The number of hydrogen-bond donors (Lipinski definition) is 1. The van der Waals surface area contributed by atoms with E-state index in [0.29, 0.717) is 26.2 Å². The number of ether oxygens (including phenoxy) is 2. The number of esters is 1. The standard InChI is InChI=1S/C28H24F3N3O6/c1-38-27(37)17-5-7-18(8-6-17)39-25-23(36)19-9-10-21(35)20(24(19)40-26(25)28(29,30)31)16-33-12-14-34(15-13-33)22-4-2-3-11-32-22/h2-11,35H,12-16H2,1H3. The van der Waals surface area contributed by atoms with Gasteiger partial charge in [-0.1, -0.05) is 6.07 Å². The maximum atomic E-state index is 14.1. The van der Waals surface area contributed by atoms with Gasteiger partial charge in [0, 0.05) is 38.9 Å². The van der Waals surface area contributed by atoms with Gasteiger partial charge in [0.2, 0.25) is 11.2 Å². The normalized spacial score (nSPS) is 14.3. The molecule has 0 unspecified atom stereocenters. The molecule has 0 radical (unpaired) electrons. The Kier molecular flexibility index (Phi) is 7.35. The Bertz CT molecular complexity index is 1580. The molecule has 5 rings (SSSR count). The first-order valence-electron chi connectivity index (χ1n) is 12.3. The molecule has 2 aromatic carbocycles. The summed E-state index contributed by atoms with van der Waals surface area (Å²) in [5.41, 5.74) is -1.19. The number of rotatable bonds is 6. The van der Waals surface area contributed by atoms with Crippen molar-refractivity contribution in [2.24, 2.45) is 0 Å². The number of aromatic hydroxyl groups is 1. The summed E-state index contributed by atoms with van der Waals surface area (Å²) < 4.78 is 57.6. The van der Waals surface area contributed by atoms with Crippen LogP contribution in [0.3, 0.4) is 0 Å². The van der Waals surface area contributed by atoms with E-state index in [4.69, 9.17) is 9.15 Å². The van der Waals surface area contributed by atoms with Crippen molar-refractivity contribution in [3.05, 3.63) is 87.9 Å². The molecule has 4 aromatic rings. The van der Waals surface area contributed by atoms with E-state index in [1.54, 1.807) is 6.20 Å². The molecule has 2 aromatic heterocycles. The molecule has 1 aliphatic heterocycles. The van der Waals surface area contributed by atoms with Crippen molar-refractivity contribution in [3.63, 3.8) is 0 Å². The topological polar surface area (TPSA) is 105 Å². The van der Waals surface area contributed by atoms with Crippen LogP contribution in [0.25, 0.3) is 11.0 Å². The van der Waals surface area contributed by atoms with E-state index in [2.05, 4.69) is 14.6 Å². The average Bonchev–Trinajstić information content (AvgIpc) is 2.96. The Morgan fingerprint density at radius 2 is 1.77 bits per heavy atom. The third-order valence-corrected chi connectivity index (χ3v) is 6.58. The van der Waals surface area contributed by atoms with Gasteiger partial charge in [0.1, 0.15) is 22.9 Å². The second kappa shape index (κ2) is 10.9. The summed E-state index contributed by atoms with van der Waals surface area (Å²) in [5, 5.41) is 10.4. The van der Waals surface area contributed by atoms with Crippen LogP contribution in [0.2, 0.25) is 0 Å². The fourth-order valence-electron chi connectivity index (χ4n) is 4.51. The van der Waals surface area contributed by atoms with Crippen LogP contribution < -0.4 is 15.1 Å². The molecule has 3 heterocycles. The van der Waals surface area contributed by atoms with E-state index < -0.39 is 29.1 Å². The molecular weight excluding hydrogens is 531 g/mol. The molecule has 208 valence electrons. The summed E-state index contributed by atoms with van der Waals surface area (Å²) >= 11 is 0. The van der Waals surface area contributed by atoms with Crippen molar-refractivity contribution < 1.29 is 37.0 Å². The number of phenolic OH excluding ortho intramolecular Hbond substituents is 1. The number of methoxy groups -OCH3 is 1. The maximum absolute atomic E-state index is 14.1. The highest BCUT2D eigenvalue weighted by atomic mass is 19.4. The number of anilines is 1. The summed E-state index contributed by atoms with van der Waals surface area (Å²) in [5.74, 6) is -2.90. The van der Waals surface area contributed by atoms with Crippen LogP contribution in [-0.2, 0) is 17.5 Å². The van der Waals surface area contributed by atoms with E-state index in [-0.39, 0.29) is 40.1 Å². The summed E-state index contributed by atoms with van der Waals surface area (Å²) in [4.78, 5) is 33.3. The van der Waals surface area contributed by atoms with Gasteiger partial charge in [-0.25, -0.2) is 9.78 Å². The minimum Gasteiger partial charge on any atom is -0.507 e. The van der Waals surface area contributed by atoms with E-state index in [9.17, 15) is 27.9 Å². The van der Waals surface area contributed by atoms with Gasteiger partial charge in [-0.3, -0.25) is 9.69 Å². The number of hydrogen-bond acceptors (Lipinski definition) is 9. The third-order valence-electron chi connectivity index (χ3n) is 6.58. The van der Waals surface area contributed by atoms with Gasteiger partial charge < -0.3 is 23.9 Å². The molecule has 0 aliphatic carbocycles. The van der Waals surface area contributed by atoms with Gasteiger partial charge in [0.05, 0.1) is 23.6 Å². The van der Waals surface area contributed by atoms with Crippen LogP contribution in [0, 0.1) is 0 Å².